The lowest BCUT2D eigenvalue weighted by Crippen LogP contribution is -2.36. The second-order valence-corrected chi connectivity index (χ2v) is 4.92. The minimum Gasteiger partial charge on any atom is -0.344 e. The molecule has 102 valence electrons. The zero-order valence-electron chi connectivity index (χ0n) is 10.4. The molecule has 1 aromatic rings. The number of non-ortho nitro benzene ring substituents is 1. The molecule has 0 bridgehead atoms. The van der Waals surface area contributed by atoms with E-state index >= 15 is 0 Å². The van der Waals surface area contributed by atoms with Gasteiger partial charge in [0.15, 0.2) is 0 Å². The van der Waals surface area contributed by atoms with Crippen LogP contribution in [0.3, 0.4) is 0 Å². The van der Waals surface area contributed by atoms with E-state index in [2.05, 4.69) is 5.32 Å². The van der Waals surface area contributed by atoms with Crippen LogP contribution in [0.5, 0.6) is 0 Å². The lowest BCUT2D eigenvalue weighted by molar-refractivity contribution is -0.384. The fraction of sp³-hybridized carbons (Fsp3) is 0.417. The van der Waals surface area contributed by atoms with Crippen LogP contribution < -0.4 is 5.32 Å². The van der Waals surface area contributed by atoms with E-state index in [1.807, 2.05) is 0 Å². The molecular formula is C12H14ClN3O3. The van der Waals surface area contributed by atoms with Crippen LogP contribution in [0.25, 0.3) is 0 Å². The lowest BCUT2D eigenvalue weighted by atomic mass is 10.2. The smallest absolute Gasteiger partial charge is 0.270 e. The Morgan fingerprint density at radius 2 is 2.32 bits per heavy atom. The van der Waals surface area contributed by atoms with E-state index in [4.69, 9.17) is 11.6 Å². The Hall–Kier alpha value is -1.66. The molecule has 1 fully saturated rings. The van der Waals surface area contributed by atoms with Gasteiger partial charge in [-0.1, -0.05) is 11.6 Å². The first kappa shape index (κ1) is 13.8. The van der Waals surface area contributed by atoms with Gasteiger partial charge in [-0.15, -0.1) is 0 Å². The number of carbonyl (C=O) groups excluding carboxylic acids is 1. The summed E-state index contributed by atoms with van der Waals surface area (Å²) in [6, 6.07) is 4.14. The van der Waals surface area contributed by atoms with Gasteiger partial charge in [0.05, 0.1) is 16.0 Å². The van der Waals surface area contributed by atoms with Gasteiger partial charge in [-0.25, -0.2) is 0 Å². The fourth-order valence-corrected chi connectivity index (χ4v) is 2.28. The minimum atomic E-state index is -0.488. The summed E-state index contributed by atoms with van der Waals surface area (Å²) in [6.07, 6.45) is 0.764. The van der Waals surface area contributed by atoms with Crippen LogP contribution in [0.4, 0.5) is 5.69 Å². The summed E-state index contributed by atoms with van der Waals surface area (Å²) >= 11 is 5.98. The third-order valence-corrected chi connectivity index (χ3v) is 3.57. The number of likely N-dealkylation sites (N-methyl/N-ethyl adjacent to an activating group) is 1. The number of nitrogens with zero attached hydrogens (tertiary/aromatic N) is 2. The molecule has 0 radical (unpaired) electrons. The van der Waals surface area contributed by atoms with Crippen LogP contribution in [-0.4, -0.2) is 35.4 Å². The van der Waals surface area contributed by atoms with Crippen molar-refractivity contribution in [1.82, 2.24) is 10.2 Å². The number of carbonyl (C=O) groups is 1. The first-order chi connectivity index (χ1) is 8.99. The Labute approximate surface area is 115 Å². The summed E-state index contributed by atoms with van der Waals surface area (Å²) < 4.78 is 0. The Balaban J connectivity index is 2.00. The van der Waals surface area contributed by atoms with Gasteiger partial charge in [-0.3, -0.25) is 14.9 Å². The van der Waals surface area contributed by atoms with E-state index in [0.29, 0.717) is 11.6 Å². The Morgan fingerprint density at radius 3 is 2.84 bits per heavy atom. The van der Waals surface area contributed by atoms with E-state index in [1.54, 1.807) is 18.0 Å². The number of nitrogens with one attached hydrogen (secondary N) is 1. The van der Waals surface area contributed by atoms with Gasteiger partial charge in [0.25, 0.3) is 5.69 Å². The highest BCUT2D eigenvalue weighted by molar-refractivity contribution is 6.31. The van der Waals surface area contributed by atoms with Crippen molar-refractivity contribution in [2.75, 3.05) is 13.6 Å². The highest BCUT2D eigenvalue weighted by atomic mass is 35.5. The molecule has 1 atom stereocenters. The Bertz CT molecular complexity index is 521. The van der Waals surface area contributed by atoms with Gasteiger partial charge in [-0.2, -0.15) is 0 Å². The average Bonchev–Trinajstić information content (AvgIpc) is 2.68. The van der Waals surface area contributed by atoms with Crippen LogP contribution in [-0.2, 0) is 11.3 Å². The predicted molar refractivity (Wildman–Crippen MR) is 71.0 cm³/mol. The van der Waals surface area contributed by atoms with E-state index < -0.39 is 4.92 Å². The van der Waals surface area contributed by atoms with Crippen LogP contribution >= 0.6 is 11.6 Å². The van der Waals surface area contributed by atoms with E-state index in [0.717, 1.165) is 18.5 Å². The summed E-state index contributed by atoms with van der Waals surface area (Å²) in [7, 11) is 1.77. The van der Waals surface area contributed by atoms with Crippen LogP contribution in [0.2, 0.25) is 5.02 Å². The topological polar surface area (TPSA) is 75.5 Å². The summed E-state index contributed by atoms with van der Waals surface area (Å²) in [4.78, 5) is 23.5. The molecule has 1 heterocycles. The highest BCUT2D eigenvalue weighted by Crippen LogP contribution is 2.22. The first-order valence-corrected chi connectivity index (χ1v) is 6.28. The summed E-state index contributed by atoms with van der Waals surface area (Å²) in [6.45, 7) is 1.16. The molecule has 0 aliphatic carbocycles. The lowest BCUT2D eigenvalue weighted by Gasteiger charge is -2.12. The molecule has 1 amide bonds. The number of likely N-dealkylation sites (tertiary alicyclic amines) is 1. The van der Waals surface area contributed by atoms with Crippen molar-refractivity contribution in [2.45, 2.75) is 19.0 Å². The number of amides is 1. The third kappa shape index (κ3) is 3.02. The van der Waals surface area contributed by atoms with Gasteiger partial charge >= 0.3 is 0 Å². The fourth-order valence-electron chi connectivity index (χ4n) is 2.04. The van der Waals surface area contributed by atoms with Gasteiger partial charge in [0.1, 0.15) is 0 Å². The summed E-state index contributed by atoms with van der Waals surface area (Å²) in [5, 5.41) is 14.0. The number of nitro groups is 1. The van der Waals surface area contributed by atoms with E-state index in [1.165, 1.54) is 12.1 Å². The molecule has 1 N–H and O–H groups in total. The number of hydrogen-bond donors (Lipinski definition) is 1. The first-order valence-electron chi connectivity index (χ1n) is 5.90. The van der Waals surface area contributed by atoms with Gasteiger partial charge in [-0.05, 0) is 18.1 Å². The molecule has 1 aromatic carbocycles. The Kier molecular flexibility index (Phi) is 4.01. The maximum atomic E-state index is 11.7. The zero-order chi connectivity index (χ0) is 14.0. The quantitative estimate of drug-likeness (QED) is 0.672. The SMILES string of the molecule is CN1CCC(NCc2ccc([N+](=O)[O-])cc2Cl)C1=O. The molecule has 0 saturated carbocycles. The van der Waals surface area contributed by atoms with Crippen LogP contribution in [0.1, 0.15) is 12.0 Å². The molecule has 1 unspecified atom stereocenters. The molecule has 1 aliphatic rings. The summed E-state index contributed by atoms with van der Waals surface area (Å²) in [5.41, 5.74) is 0.708. The van der Waals surface area contributed by atoms with Crippen molar-refractivity contribution in [2.24, 2.45) is 0 Å². The van der Waals surface area contributed by atoms with Crippen LogP contribution in [0, 0.1) is 10.1 Å². The van der Waals surface area contributed by atoms with Gasteiger partial charge in [0, 0.05) is 32.3 Å². The van der Waals surface area contributed by atoms with Crippen molar-refractivity contribution >= 4 is 23.2 Å². The highest BCUT2D eigenvalue weighted by Gasteiger charge is 2.28. The molecule has 6 nitrogen and oxygen atoms in total. The predicted octanol–water partition coefficient (Wildman–Crippen LogP) is 1.57. The molecule has 0 aromatic heterocycles. The number of hydrogen-bond acceptors (Lipinski definition) is 4. The second-order valence-electron chi connectivity index (χ2n) is 4.51. The van der Waals surface area contributed by atoms with Gasteiger partial charge < -0.3 is 10.2 Å². The molecule has 2 rings (SSSR count). The number of halogens is 1. The van der Waals surface area contributed by atoms with E-state index in [-0.39, 0.29) is 17.6 Å². The molecule has 1 saturated heterocycles. The van der Waals surface area contributed by atoms with Gasteiger partial charge in [0.2, 0.25) is 5.91 Å². The normalized spacial score (nSPS) is 18.9. The number of benzene rings is 1. The Morgan fingerprint density at radius 1 is 1.58 bits per heavy atom. The maximum absolute atomic E-state index is 11.7. The largest absolute Gasteiger partial charge is 0.344 e. The van der Waals surface area contributed by atoms with Crippen molar-refractivity contribution in [1.29, 1.82) is 0 Å². The number of rotatable bonds is 4. The van der Waals surface area contributed by atoms with Crippen LogP contribution in [0.15, 0.2) is 18.2 Å². The summed E-state index contributed by atoms with van der Waals surface area (Å²) in [5.74, 6) is 0.0676. The minimum absolute atomic E-state index is 0.0366. The second kappa shape index (κ2) is 5.54. The zero-order valence-corrected chi connectivity index (χ0v) is 11.2. The maximum Gasteiger partial charge on any atom is 0.270 e. The van der Waals surface area contributed by atoms with E-state index in [9.17, 15) is 14.9 Å². The molecular weight excluding hydrogens is 270 g/mol. The number of nitro benzene ring substituents is 1. The van der Waals surface area contributed by atoms with Crippen molar-refractivity contribution in [3.05, 3.63) is 38.9 Å². The molecule has 0 spiro atoms. The monoisotopic (exact) mass is 283 g/mol. The third-order valence-electron chi connectivity index (χ3n) is 3.21. The molecule has 1 aliphatic heterocycles. The van der Waals surface area contributed by atoms with Crippen molar-refractivity contribution in [3.8, 4) is 0 Å². The average molecular weight is 284 g/mol. The van der Waals surface area contributed by atoms with Crippen molar-refractivity contribution in [3.63, 3.8) is 0 Å². The standard InChI is InChI=1S/C12H14ClN3O3/c1-15-5-4-11(12(15)17)14-7-8-2-3-9(16(18)19)6-10(8)13/h2-3,6,11,14H,4-5,7H2,1H3. The molecule has 19 heavy (non-hydrogen) atoms. The van der Waals surface area contributed by atoms with Crippen molar-refractivity contribution < 1.29 is 9.72 Å². The molecule has 7 heteroatoms.